The standard InChI is InChI=1S/C14H17NO5S/c1-4-7-15-11-6-5-10(8-12(11)20-14(15)17)13(16)9(2)21(3,18)19/h5-6,8-9H,4,7H2,1-3H3. The number of hydrogen-bond donors (Lipinski definition) is 0. The summed E-state index contributed by atoms with van der Waals surface area (Å²) in [4.78, 5) is 23.9. The summed E-state index contributed by atoms with van der Waals surface area (Å²) < 4.78 is 29.5. The van der Waals surface area contributed by atoms with Gasteiger partial charge in [0.1, 0.15) is 5.25 Å². The average Bonchev–Trinajstić information content (AvgIpc) is 2.72. The second-order valence-electron chi connectivity index (χ2n) is 5.04. The molecule has 0 radical (unpaired) electrons. The van der Waals surface area contributed by atoms with Crippen molar-refractivity contribution in [3.8, 4) is 0 Å². The van der Waals surface area contributed by atoms with Crippen LogP contribution in [0.25, 0.3) is 11.1 Å². The molecule has 0 amide bonds. The molecule has 0 aliphatic rings. The van der Waals surface area contributed by atoms with E-state index in [0.29, 0.717) is 17.6 Å². The van der Waals surface area contributed by atoms with E-state index in [1.54, 1.807) is 6.07 Å². The number of Topliss-reactive ketones (excluding diaryl/α,β-unsaturated/α-hetero) is 1. The lowest BCUT2D eigenvalue weighted by atomic mass is 10.1. The van der Waals surface area contributed by atoms with Crippen LogP contribution < -0.4 is 5.76 Å². The molecule has 0 aliphatic carbocycles. The van der Waals surface area contributed by atoms with Crippen LogP contribution >= 0.6 is 0 Å². The molecule has 1 aromatic heterocycles. The van der Waals surface area contributed by atoms with Gasteiger partial charge in [-0.15, -0.1) is 0 Å². The Hall–Kier alpha value is -1.89. The van der Waals surface area contributed by atoms with Gasteiger partial charge in [0.25, 0.3) is 0 Å². The maximum absolute atomic E-state index is 12.1. The Morgan fingerprint density at radius 3 is 2.62 bits per heavy atom. The first kappa shape index (κ1) is 15.5. The van der Waals surface area contributed by atoms with Crippen molar-refractivity contribution in [3.05, 3.63) is 34.3 Å². The number of aryl methyl sites for hydroxylation is 1. The number of carbonyl (C=O) groups excluding carboxylic acids is 1. The fraction of sp³-hybridized carbons (Fsp3) is 0.429. The Balaban J connectivity index is 2.50. The smallest absolute Gasteiger partial charge is 0.408 e. The summed E-state index contributed by atoms with van der Waals surface area (Å²) in [5, 5.41) is -1.13. The van der Waals surface area contributed by atoms with Gasteiger partial charge in [-0.2, -0.15) is 0 Å². The summed E-state index contributed by atoms with van der Waals surface area (Å²) >= 11 is 0. The number of hydrogen-bond acceptors (Lipinski definition) is 5. The lowest BCUT2D eigenvalue weighted by Gasteiger charge is -2.08. The summed E-state index contributed by atoms with van der Waals surface area (Å²) in [6.45, 7) is 3.82. The van der Waals surface area contributed by atoms with Crippen LogP contribution in [0.2, 0.25) is 0 Å². The highest BCUT2D eigenvalue weighted by Crippen LogP contribution is 2.18. The Morgan fingerprint density at radius 1 is 1.38 bits per heavy atom. The van der Waals surface area contributed by atoms with Crippen LogP contribution in [-0.4, -0.2) is 30.3 Å². The average molecular weight is 311 g/mol. The van der Waals surface area contributed by atoms with Gasteiger partial charge in [0.15, 0.2) is 21.2 Å². The molecule has 1 unspecified atom stereocenters. The van der Waals surface area contributed by atoms with Crippen molar-refractivity contribution < 1.29 is 17.6 Å². The first-order valence-corrected chi connectivity index (χ1v) is 8.57. The van der Waals surface area contributed by atoms with Gasteiger partial charge in [0.05, 0.1) is 5.52 Å². The van der Waals surface area contributed by atoms with Crippen molar-refractivity contribution in [2.45, 2.75) is 32.1 Å². The van der Waals surface area contributed by atoms with Crippen LogP contribution in [0.3, 0.4) is 0 Å². The molecule has 0 bridgehead atoms. The van der Waals surface area contributed by atoms with Crippen LogP contribution in [0.1, 0.15) is 30.6 Å². The lowest BCUT2D eigenvalue weighted by Crippen LogP contribution is -2.26. The Kier molecular flexibility index (Phi) is 4.04. The van der Waals surface area contributed by atoms with E-state index in [0.717, 1.165) is 12.7 Å². The van der Waals surface area contributed by atoms with E-state index < -0.39 is 26.6 Å². The molecule has 2 rings (SSSR count). The third kappa shape index (κ3) is 2.92. The highest BCUT2D eigenvalue weighted by molar-refractivity contribution is 7.92. The molecular weight excluding hydrogens is 294 g/mol. The van der Waals surface area contributed by atoms with Crippen molar-refractivity contribution in [1.82, 2.24) is 4.57 Å². The van der Waals surface area contributed by atoms with Crippen LogP contribution in [-0.2, 0) is 16.4 Å². The van der Waals surface area contributed by atoms with E-state index in [9.17, 15) is 18.0 Å². The minimum Gasteiger partial charge on any atom is -0.408 e. The quantitative estimate of drug-likeness (QED) is 0.783. The largest absolute Gasteiger partial charge is 0.419 e. The van der Waals surface area contributed by atoms with Crippen molar-refractivity contribution in [3.63, 3.8) is 0 Å². The van der Waals surface area contributed by atoms with E-state index in [4.69, 9.17) is 4.42 Å². The van der Waals surface area contributed by atoms with E-state index in [1.165, 1.54) is 23.6 Å². The zero-order valence-corrected chi connectivity index (χ0v) is 12.9. The summed E-state index contributed by atoms with van der Waals surface area (Å²) in [6.07, 6.45) is 1.80. The van der Waals surface area contributed by atoms with Gasteiger partial charge in [-0.05, 0) is 31.5 Å². The normalized spacial score (nSPS) is 13.5. The topological polar surface area (TPSA) is 86.3 Å². The zero-order chi connectivity index (χ0) is 15.8. The minimum atomic E-state index is -3.46. The highest BCUT2D eigenvalue weighted by atomic mass is 32.2. The van der Waals surface area contributed by atoms with Gasteiger partial charge < -0.3 is 4.42 Å². The van der Waals surface area contributed by atoms with Gasteiger partial charge in [-0.3, -0.25) is 9.36 Å². The SMILES string of the molecule is CCCn1c(=O)oc2cc(C(=O)C(C)S(C)(=O)=O)ccc21. The molecule has 1 aromatic carbocycles. The monoisotopic (exact) mass is 311 g/mol. The number of nitrogens with zero attached hydrogens (tertiary/aromatic N) is 1. The van der Waals surface area contributed by atoms with Crippen LogP contribution in [0, 0.1) is 0 Å². The molecule has 7 heteroatoms. The van der Waals surface area contributed by atoms with Gasteiger partial charge in [0, 0.05) is 18.4 Å². The predicted molar refractivity (Wildman–Crippen MR) is 79.4 cm³/mol. The summed E-state index contributed by atoms with van der Waals surface area (Å²) in [5.41, 5.74) is 1.11. The van der Waals surface area contributed by atoms with Gasteiger partial charge in [-0.1, -0.05) is 6.92 Å². The van der Waals surface area contributed by atoms with Crippen molar-refractivity contribution in [2.24, 2.45) is 0 Å². The summed E-state index contributed by atoms with van der Waals surface area (Å²) in [6, 6.07) is 4.55. The van der Waals surface area contributed by atoms with Crippen LogP contribution in [0.5, 0.6) is 0 Å². The zero-order valence-electron chi connectivity index (χ0n) is 12.1. The summed E-state index contributed by atoms with van der Waals surface area (Å²) in [5.74, 6) is -0.988. The number of benzene rings is 1. The predicted octanol–water partition coefficient (Wildman–Crippen LogP) is 1.62. The molecule has 1 atom stereocenters. The summed E-state index contributed by atoms with van der Waals surface area (Å²) in [7, 11) is -3.46. The van der Waals surface area contributed by atoms with Crippen molar-refractivity contribution in [1.29, 1.82) is 0 Å². The molecule has 1 heterocycles. The fourth-order valence-electron chi connectivity index (χ4n) is 2.08. The fourth-order valence-corrected chi connectivity index (χ4v) is 2.61. The van der Waals surface area contributed by atoms with Gasteiger partial charge >= 0.3 is 5.76 Å². The van der Waals surface area contributed by atoms with Gasteiger partial charge in [-0.25, -0.2) is 13.2 Å². The molecule has 2 aromatic rings. The molecule has 0 aliphatic heterocycles. The van der Waals surface area contributed by atoms with Gasteiger partial charge in [0.2, 0.25) is 0 Å². The first-order chi connectivity index (χ1) is 9.75. The third-order valence-corrected chi connectivity index (χ3v) is 4.91. The molecule has 0 saturated carbocycles. The Bertz CT molecular complexity index is 844. The number of sulfone groups is 1. The maximum atomic E-state index is 12.1. The highest BCUT2D eigenvalue weighted by Gasteiger charge is 2.25. The number of rotatable bonds is 5. The Morgan fingerprint density at radius 2 is 2.05 bits per heavy atom. The molecule has 0 N–H and O–H groups in total. The van der Waals surface area contributed by atoms with E-state index in [-0.39, 0.29) is 5.56 Å². The van der Waals surface area contributed by atoms with Crippen molar-refractivity contribution >= 4 is 26.7 Å². The molecule has 21 heavy (non-hydrogen) atoms. The van der Waals surface area contributed by atoms with Crippen LogP contribution in [0.4, 0.5) is 0 Å². The second kappa shape index (κ2) is 5.48. The third-order valence-electron chi connectivity index (χ3n) is 3.41. The Labute approximate surface area is 122 Å². The molecule has 114 valence electrons. The molecular formula is C14H17NO5S. The van der Waals surface area contributed by atoms with Crippen LogP contribution in [0.15, 0.2) is 27.4 Å². The first-order valence-electron chi connectivity index (χ1n) is 6.62. The number of fused-ring (bicyclic) bond motifs is 1. The number of oxazole rings is 1. The molecule has 6 nitrogen and oxygen atoms in total. The van der Waals surface area contributed by atoms with E-state index in [1.807, 2.05) is 6.92 Å². The van der Waals surface area contributed by atoms with E-state index in [2.05, 4.69) is 0 Å². The van der Waals surface area contributed by atoms with E-state index >= 15 is 0 Å². The number of aromatic nitrogens is 1. The molecule has 0 saturated heterocycles. The second-order valence-corrected chi connectivity index (χ2v) is 7.40. The number of carbonyl (C=O) groups is 1. The van der Waals surface area contributed by atoms with Crippen molar-refractivity contribution in [2.75, 3.05) is 6.26 Å². The maximum Gasteiger partial charge on any atom is 0.419 e. The minimum absolute atomic E-state index is 0.220. The number of ketones is 1. The molecule has 0 fully saturated rings. The molecule has 0 spiro atoms. The lowest BCUT2D eigenvalue weighted by molar-refractivity contribution is 0.0991.